The minimum Gasteiger partial charge on any atom is -0.393 e. The predicted molar refractivity (Wildman–Crippen MR) is 59.5 cm³/mol. The van der Waals surface area contributed by atoms with E-state index in [4.69, 9.17) is 0 Å². The molecule has 0 spiro atoms. The van der Waals surface area contributed by atoms with Gasteiger partial charge in [0.1, 0.15) is 0 Å². The zero-order valence-corrected chi connectivity index (χ0v) is 9.70. The molecule has 0 aliphatic heterocycles. The average molecular weight is 214 g/mol. The molecule has 2 atom stereocenters. The summed E-state index contributed by atoms with van der Waals surface area (Å²) in [5, 5.41) is 12.6. The monoisotopic (exact) mass is 214 g/mol. The van der Waals surface area contributed by atoms with E-state index >= 15 is 0 Å². The van der Waals surface area contributed by atoms with Crippen molar-refractivity contribution in [1.82, 2.24) is 10.2 Å². The summed E-state index contributed by atoms with van der Waals surface area (Å²) in [7, 11) is 3.52. The third kappa shape index (κ3) is 4.62. The molecular weight excluding hydrogens is 192 g/mol. The van der Waals surface area contributed by atoms with E-state index < -0.39 is 0 Å². The Kier molecular flexibility index (Phi) is 5.05. The Morgan fingerprint density at radius 1 is 1.47 bits per heavy atom. The van der Waals surface area contributed by atoms with Crippen LogP contribution in [0, 0.1) is 5.92 Å². The number of likely N-dealkylation sites (N-methyl/N-ethyl adjacent to an activating group) is 1. The Morgan fingerprint density at radius 2 is 2.20 bits per heavy atom. The predicted octanol–water partition coefficient (Wildman–Crippen LogP) is 0.215. The molecule has 0 aromatic rings. The number of aliphatic hydroxyl groups excluding tert-OH is 1. The fourth-order valence-corrected chi connectivity index (χ4v) is 1.99. The van der Waals surface area contributed by atoms with Crippen LogP contribution in [-0.2, 0) is 4.79 Å². The van der Waals surface area contributed by atoms with Crippen molar-refractivity contribution < 1.29 is 9.90 Å². The lowest BCUT2D eigenvalue weighted by Gasteiger charge is -2.26. The summed E-state index contributed by atoms with van der Waals surface area (Å²) >= 11 is 0. The van der Waals surface area contributed by atoms with Gasteiger partial charge in [-0.05, 0) is 31.7 Å². The number of hydrogen-bond donors (Lipinski definition) is 2. The van der Waals surface area contributed by atoms with Crippen LogP contribution in [0.5, 0.6) is 0 Å². The number of hydrogen-bond acceptors (Lipinski definition) is 3. The van der Waals surface area contributed by atoms with Gasteiger partial charge in [-0.2, -0.15) is 0 Å². The van der Waals surface area contributed by atoms with Crippen LogP contribution in [0.2, 0.25) is 0 Å². The smallest absolute Gasteiger partial charge is 0.236 e. The van der Waals surface area contributed by atoms with Crippen molar-refractivity contribution in [3.63, 3.8) is 0 Å². The summed E-state index contributed by atoms with van der Waals surface area (Å²) in [5.41, 5.74) is 0. The maximum atomic E-state index is 11.3. The highest BCUT2D eigenvalue weighted by molar-refractivity contribution is 5.77. The molecule has 0 aromatic carbocycles. The maximum absolute atomic E-state index is 11.3. The Bertz CT molecular complexity index is 207. The van der Waals surface area contributed by atoms with Gasteiger partial charge in [0.2, 0.25) is 5.91 Å². The molecule has 0 heterocycles. The second-order valence-corrected chi connectivity index (χ2v) is 4.61. The van der Waals surface area contributed by atoms with Gasteiger partial charge in [0, 0.05) is 14.1 Å². The quantitative estimate of drug-likeness (QED) is 0.703. The largest absolute Gasteiger partial charge is 0.393 e. The first kappa shape index (κ1) is 12.5. The normalized spacial score (nSPS) is 26.3. The highest BCUT2D eigenvalue weighted by Gasteiger charge is 2.19. The zero-order valence-electron chi connectivity index (χ0n) is 9.70. The number of nitrogens with zero attached hydrogens (tertiary/aromatic N) is 1. The molecule has 0 bridgehead atoms. The molecule has 1 aliphatic rings. The zero-order chi connectivity index (χ0) is 11.3. The van der Waals surface area contributed by atoms with Gasteiger partial charge in [-0.15, -0.1) is 0 Å². The maximum Gasteiger partial charge on any atom is 0.236 e. The molecular formula is C11H22N2O2. The molecule has 15 heavy (non-hydrogen) atoms. The first-order chi connectivity index (χ1) is 7.09. The molecule has 0 aromatic heterocycles. The van der Waals surface area contributed by atoms with Crippen LogP contribution < -0.4 is 5.32 Å². The van der Waals surface area contributed by atoms with Crippen LogP contribution in [0.3, 0.4) is 0 Å². The molecule has 1 amide bonds. The summed E-state index contributed by atoms with van der Waals surface area (Å²) in [6.07, 6.45) is 3.96. The summed E-state index contributed by atoms with van der Waals surface area (Å²) in [6.45, 7) is 1.25. The minimum atomic E-state index is -0.130. The topological polar surface area (TPSA) is 52.6 Å². The molecule has 2 N–H and O–H groups in total. The van der Waals surface area contributed by atoms with Crippen LogP contribution in [0.15, 0.2) is 0 Å². The van der Waals surface area contributed by atoms with Crippen LogP contribution in [0.4, 0.5) is 0 Å². The van der Waals surface area contributed by atoms with Gasteiger partial charge in [-0.1, -0.05) is 6.42 Å². The fourth-order valence-electron chi connectivity index (χ4n) is 1.99. The number of carbonyl (C=O) groups excluding carboxylic acids is 1. The molecule has 4 nitrogen and oxygen atoms in total. The van der Waals surface area contributed by atoms with Crippen molar-refractivity contribution in [2.45, 2.75) is 31.8 Å². The van der Waals surface area contributed by atoms with Gasteiger partial charge >= 0.3 is 0 Å². The van der Waals surface area contributed by atoms with Crippen molar-refractivity contribution >= 4 is 5.91 Å². The van der Waals surface area contributed by atoms with E-state index in [9.17, 15) is 9.90 Å². The Labute approximate surface area is 91.6 Å². The van der Waals surface area contributed by atoms with E-state index in [-0.39, 0.29) is 12.0 Å². The van der Waals surface area contributed by atoms with Gasteiger partial charge < -0.3 is 15.3 Å². The van der Waals surface area contributed by atoms with Gasteiger partial charge in [0.25, 0.3) is 0 Å². The van der Waals surface area contributed by atoms with E-state index in [0.717, 1.165) is 25.8 Å². The summed E-state index contributed by atoms with van der Waals surface area (Å²) in [6, 6.07) is 0. The molecule has 1 fully saturated rings. The number of aliphatic hydroxyl groups is 1. The number of carbonyl (C=O) groups is 1. The summed E-state index contributed by atoms with van der Waals surface area (Å²) in [5.74, 6) is 0.634. The van der Waals surface area contributed by atoms with Crippen molar-refractivity contribution in [2.75, 3.05) is 27.2 Å². The molecule has 1 saturated carbocycles. The van der Waals surface area contributed by atoms with Crippen molar-refractivity contribution in [3.8, 4) is 0 Å². The first-order valence-corrected chi connectivity index (χ1v) is 5.68. The Balaban J connectivity index is 2.11. The van der Waals surface area contributed by atoms with E-state index in [1.54, 1.807) is 19.0 Å². The molecule has 4 heteroatoms. The highest BCUT2D eigenvalue weighted by Crippen LogP contribution is 2.23. The number of amides is 1. The van der Waals surface area contributed by atoms with Crippen LogP contribution >= 0.6 is 0 Å². The van der Waals surface area contributed by atoms with Crippen LogP contribution in [0.25, 0.3) is 0 Å². The van der Waals surface area contributed by atoms with E-state index in [1.165, 1.54) is 6.42 Å². The summed E-state index contributed by atoms with van der Waals surface area (Å²) in [4.78, 5) is 12.8. The van der Waals surface area contributed by atoms with E-state index in [2.05, 4.69) is 5.32 Å². The van der Waals surface area contributed by atoms with Crippen molar-refractivity contribution in [3.05, 3.63) is 0 Å². The lowest BCUT2D eigenvalue weighted by molar-refractivity contribution is -0.127. The molecule has 0 saturated heterocycles. The molecule has 88 valence electrons. The number of rotatable bonds is 4. The van der Waals surface area contributed by atoms with Gasteiger partial charge in [-0.3, -0.25) is 4.79 Å². The molecule has 1 rings (SSSR count). The lowest BCUT2D eigenvalue weighted by Crippen LogP contribution is -2.36. The molecule has 0 radical (unpaired) electrons. The second-order valence-electron chi connectivity index (χ2n) is 4.61. The van der Waals surface area contributed by atoms with Crippen LogP contribution in [0.1, 0.15) is 25.7 Å². The average Bonchev–Trinajstić information content (AvgIpc) is 2.17. The third-order valence-corrected chi connectivity index (χ3v) is 2.96. The second kappa shape index (κ2) is 6.08. The summed E-state index contributed by atoms with van der Waals surface area (Å²) < 4.78 is 0. The lowest BCUT2D eigenvalue weighted by atomic mass is 9.87. The number of nitrogens with one attached hydrogen (secondary N) is 1. The standard InChI is InChI=1S/C11H22N2O2/c1-13(2)11(15)8-12-7-9-4-3-5-10(14)6-9/h9-10,12,14H,3-8H2,1-2H3. The minimum absolute atomic E-state index is 0.103. The Morgan fingerprint density at radius 3 is 2.80 bits per heavy atom. The molecule has 1 aliphatic carbocycles. The van der Waals surface area contributed by atoms with Crippen LogP contribution in [-0.4, -0.2) is 49.2 Å². The van der Waals surface area contributed by atoms with Gasteiger partial charge in [0.15, 0.2) is 0 Å². The van der Waals surface area contributed by atoms with Gasteiger partial charge in [-0.25, -0.2) is 0 Å². The first-order valence-electron chi connectivity index (χ1n) is 5.68. The van der Waals surface area contributed by atoms with E-state index in [0.29, 0.717) is 12.5 Å². The van der Waals surface area contributed by atoms with Gasteiger partial charge in [0.05, 0.1) is 12.6 Å². The van der Waals surface area contributed by atoms with Crippen molar-refractivity contribution in [2.24, 2.45) is 5.92 Å². The molecule has 2 unspecified atom stereocenters. The SMILES string of the molecule is CN(C)C(=O)CNCC1CCCC(O)C1. The third-order valence-electron chi connectivity index (χ3n) is 2.96. The van der Waals surface area contributed by atoms with E-state index in [1.807, 2.05) is 0 Å². The van der Waals surface area contributed by atoms with Crippen molar-refractivity contribution in [1.29, 1.82) is 0 Å². The fraction of sp³-hybridized carbons (Fsp3) is 0.909. The Hall–Kier alpha value is -0.610. The highest BCUT2D eigenvalue weighted by atomic mass is 16.3.